The summed E-state index contributed by atoms with van der Waals surface area (Å²) in [6, 6.07) is 0.852. The maximum Gasteiger partial charge on any atom is 0.298 e. The van der Waals surface area contributed by atoms with Crippen molar-refractivity contribution in [2.24, 2.45) is 0 Å². The molecule has 0 spiro atoms. The number of aromatic nitrogens is 1. The van der Waals surface area contributed by atoms with Gasteiger partial charge in [-0.15, -0.1) is 0 Å². The zero-order valence-corrected chi connectivity index (χ0v) is 7.65. The van der Waals surface area contributed by atoms with Crippen molar-refractivity contribution in [3.8, 4) is 0 Å². The van der Waals surface area contributed by atoms with Crippen molar-refractivity contribution in [1.82, 2.24) is 5.16 Å². The summed E-state index contributed by atoms with van der Waals surface area (Å²) in [5.41, 5.74) is -0.134. The van der Waals surface area contributed by atoms with Crippen LogP contribution in [0, 0.1) is 0 Å². The number of alkyl halides is 2. The second-order valence-corrected chi connectivity index (χ2v) is 4.98. The standard InChI is InChI=1S/C5H4ClF2NO3S/c6-13(10,11)2-3-1-4(5(7)8)12-9-3/h1,5H,2H2. The molecule has 1 aromatic heterocycles. The van der Waals surface area contributed by atoms with E-state index in [1.54, 1.807) is 0 Å². The van der Waals surface area contributed by atoms with E-state index in [4.69, 9.17) is 10.7 Å². The van der Waals surface area contributed by atoms with Crippen LogP contribution in [0.15, 0.2) is 10.6 Å². The topological polar surface area (TPSA) is 60.2 Å². The molecule has 0 aromatic carbocycles. The molecule has 0 aliphatic rings. The van der Waals surface area contributed by atoms with Crippen molar-refractivity contribution in [2.75, 3.05) is 0 Å². The molecule has 0 unspecified atom stereocenters. The highest BCUT2D eigenvalue weighted by molar-refractivity contribution is 8.13. The Balaban J connectivity index is 2.81. The first-order valence-corrected chi connectivity index (χ1v) is 5.52. The van der Waals surface area contributed by atoms with Gasteiger partial charge in [0.15, 0.2) is 0 Å². The third-order valence-electron chi connectivity index (χ3n) is 1.11. The molecule has 0 aliphatic heterocycles. The van der Waals surface area contributed by atoms with E-state index in [1.165, 1.54) is 0 Å². The van der Waals surface area contributed by atoms with Crippen LogP contribution in [0.25, 0.3) is 0 Å². The Morgan fingerprint density at radius 1 is 1.62 bits per heavy atom. The van der Waals surface area contributed by atoms with Gasteiger partial charge < -0.3 is 4.52 Å². The maximum absolute atomic E-state index is 11.9. The summed E-state index contributed by atoms with van der Waals surface area (Å²) < 4.78 is 48.9. The maximum atomic E-state index is 11.9. The first kappa shape index (κ1) is 10.4. The van der Waals surface area contributed by atoms with Gasteiger partial charge in [0.1, 0.15) is 11.4 Å². The fraction of sp³-hybridized carbons (Fsp3) is 0.400. The first-order valence-electron chi connectivity index (χ1n) is 3.04. The Kier molecular flexibility index (Phi) is 2.87. The molecule has 1 rings (SSSR count). The SMILES string of the molecule is O=S(=O)(Cl)Cc1cc(C(F)F)on1. The summed E-state index contributed by atoms with van der Waals surface area (Å²) in [7, 11) is 1.07. The van der Waals surface area contributed by atoms with Crippen molar-refractivity contribution < 1.29 is 21.7 Å². The fourth-order valence-electron chi connectivity index (χ4n) is 0.676. The van der Waals surface area contributed by atoms with Gasteiger partial charge in [0.2, 0.25) is 14.8 Å². The molecular formula is C5H4ClF2NO3S. The Bertz CT molecular complexity index is 388. The van der Waals surface area contributed by atoms with Crippen LogP contribution in [0.4, 0.5) is 8.78 Å². The molecule has 0 N–H and O–H groups in total. The van der Waals surface area contributed by atoms with E-state index in [0.29, 0.717) is 0 Å². The average Bonchev–Trinajstić information content (AvgIpc) is 2.31. The average molecular weight is 232 g/mol. The number of halogens is 3. The lowest BCUT2D eigenvalue weighted by Gasteiger charge is -1.87. The third kappa shape index (κ3) is 3.27. The summed E-state index contributed by atoms with van der Waals surface area (Å²) in [4.78, 5) is 0. The summed E-state index contributed by atoms with van der Waals surface area (Å²) in [5, 5.41) is 3.10. The smallest absolute Gasteiger partial charge is 0.298 e. The second-order valence-electron chi connectivity index (χ2n) is 2.20. The molecule has 1 heterocycles. The largest absolute Gasteiger partial charge is 0.355 e. The van der Waals surface area contributed by atoms with E-state index < -0.39 is 27.0 Å². The van der Waals surface area contributed by atoms with Crippen LogP contribution >= 0.6 is 10.7 Å². The highest BCUT2D eigenvalue weighted by Gasteiger charge is 2.17. The molecule has 0 saturated carbocycles. The summed E-state index contributed by atoms with van der Waals surface area (Å²) >= 11 is 0. The van der Waals surface area contributed by atoms with Gasteiger partial charge in [-0.3, -0.25) is 0 Å². The Morgan fingerprint density at radius 2 is 2.23 bits per heavy atom. The van der Waals surface area contributed by atoms with Gasteiger partial charge in [-0.1, -0.05) is 5.16 Å². The Labute approximate surface area is 76.9 Å². The summed E-state index contributed by atoms with van der Waals surface area (Å²) in [6.45, 7) is 0. The van der Waals surface area contributed by atoms with Crippen LogP contribution in [0.1, 0.15) is 17.9 Å². The lowest BCUT2D eigenvalue weighted by atomic mass is 10.4. The Hall–Kier alpha value is -0.690. The third-order valence-corrected chi connectivity index (χ3v) is 2.08. The van der Waals surface area contributed by atoms with Crippen LogP contribution < -0.4 is 0 Å². The lowest BCUT2D eigenvalue weighted by Crippen LogP contribution is -1.94. The predicted octanol–water partition coefficient (Wildman–Crippen LogP) is 1.68. The van der Waals surface area contributed by atoms with Crippen LogP contribution in [0.5, 0.6) is 0 Å². The minimum atomic E-state index is -3.78. The van der Waals surface area contributed by atoms with Crippen LogP contribution in [-0.4, -0.2) is 13.6 Å². The monoisotopic (exact) mass is 231 g/mol. The van der Waals surface area contributed by atoms with Crippen LogP contribution in [0.2, 0.25) is 0 Å². The molecule has 74 valence electrons. The predicted molar refractivity (Wildman–Crippen MR) is 39.9 cm³/mol. The molecule has 0 atom stereocenters. The fourth-order valence-corrected chi connectivity index (χ4v) is 1.50. The first-order chi connectivity index (χ1) is 5.88. The van der Waals surface area contributed by atoms with Crippen molar-refractivity contribution in [3.05, 3.63) is 17.5 Å². The van der Waals surface area contributed by atoms with E-state index in [2.05, 4.69) is 9.68 Å². The second kappa shape index (κ2) is 3.59. The number of hydrogen-bond acceptors (Lipinski definition) is 4. The van der Waals surface area contributed by atoms with Crippen molar-refractivity contribution >= 4 is 19.7 Å². The molecule has 13 heavy (non-hydrogen) atoms. The molecule has 0 saturated heterocycles. The van der Waals surface area contributed by atoms with Gasteiger partial charge in [0.05, 0.1) is 0 Å². The van der Waals surface area contributed by atoms with E-state index in [0.717, 1.165) is 6.07 Å². The van der Waals surface area contributed by atoms with Crippen LogP contribution in [-0.2, 0) is 14.8 Å². The van der Waals surface area contributed by atoms with Gasteiger partial charge in [-0.2, -0.15) is 0 Å². The zero-order valence-electron chi connectivity index (χ0n) is 6.08. The van der Waals surface area contributed by atoms with Gasteiger partial charge >= 0.3 is 0 Å². The molecular weight excluding hydrogens is 228 g/mol. The molecule has 4 nitrogen and oxygen atoms in total. The summed E-state index contributed by atoms with van der Waals surface area (Å²) in [5.74, 6) is -1.29. The molecule has 0 fully saturated rings. The minimum absolute atomic E-state index is 0.134. The van der Waals surface area contributed by atoms with E-state index in [-0.39, 0.29) is 5.69 Å². The molecule has 0 aliphatic carbocycles. The highest BCUT2D eigenvalue weighted by atomic mass is 35.7. The molecule has 0 radical (unpaired) electrons. The number of nitrogens with zero attached hydrogens (tertiary/aromatic N) is 1. The Morgan fingerprint density at radius 3 is 2.62 bits per heavy atom. The quantitative estimate of drug-likeness (QED) is 0.743. The molecule has 0 amide bonds. The van der Waals surface area contributed by atoms with Gasteiger partial charge in [0, 0.05) is 16.7 Å². The number of hydrogen-bond donors (Lipinski definition) is 0. The van der Waals surface area contributed by atoms with Gasteiger partial charge in [-0.05, 0) is 0 Å². The summed E-state index contributed by atoms with van der Waals surface area (Å²) in [6.07, 6.45) is -2.81. The van der Waals surface area contributed by atoms with Gasteiger partial charge in [-0.25, -0.2) is 17.2 Å². The van der Waals surface area contributed by atoms with Gasteiger partial charge in [0.25, 0.3) is 6.43 Å². The van der Waals surface area contributed by atoms with E-state index in [1.807, 2.05) is 0 Å². The zero-order chi connectivity index (χ0) is 10.1. The molecule has 8 heteroatoms. The van der Waals surface area contributed by atoms with Crippen LogP contribution in [0.3, 0.4) is 0 Å². The van der Waals surface area contributed by atoms with E-state index >= 15 is 0 Å². The molecule has 1 aromatic rings. The van der Waals surface area contributed by atoms with E-state index in [9.17, 15) is 17.2 Å². The lowest BCUT2D eigenvalue weighted by molar-refractivity contribution is 0.112. The highest BCUT2D eigenvalue weighted by Crippen LogP contribution is 2.20. The van der Waals surface area contributed by atoms with Crippen molar-refractivity contribution in [1.29, 1.82) is 0 Å². The molecule has 0 bridgehead atoms. The van der Waals surface area contributed by atoms with Crippen molar-refractivity contribution in [2.45, 2.75) is 12.2 Å². The minimum Gasteiger partial charge on any atom is -0.355 e. The normalized spacial score (nSPS) is 12.3. The van der Waals surface area contributed by atoms with Crippen molar-refractivity contribution in [3.63, 3.8) is 0 Å². The number of rotatable bonds is 3.